The molecule has 0 unspecified atom stereocenters. The van der Waals surface area contributed by atoms with Crippen LogP contribution in [0.15, 0.2) is 52.9 Å². The second-order valence-electron chi connectivity index (χ2n) is 5.95. The molecule has 1 N–H and O–H groups in total. The van der Waals surface area contributed by atoms with Crippen molar-refractivity contribution in [2.24, 2.45) is 0 Å². The van der Waals surface area contributed by atoms with Gasteiger partial charge < -0.3 is 10.2 Å². The number of carbonyl (C=O) groups excluding carboxylic acids is 1. The summed E-state index contributed by atoms with van der Waals surface area (Å²) in [6, 6.07) is 14.5. The molecule has 0 aliphatic carbocycles. The van der Waals surface area contributed by atoms with Crippen molar-refractivity contribution in [1.29, 1.82) is 0 Å². The number of aromatic nitrogens is 2. The molecule has 1 amide bonds. The molecule has 0 saturated heterocycles. The molecular formula is C19H18ClFN4OS2. The first-order valence-corrected chi connectivity index (χ1v) is 10.6. The van der Waals surface area contributed by atoms with Crippen LogP contribution in [0, 0.1) is 5.82 Å². The molecule has 2 aromatic carbocycles. The highest BCUT2D eigenvalue weighted by Crippen LogP contribution is 2.26. The molecule has 9 heteroatoms. The number of thioether (sulfide) groups is 1. The smallest absolute Gasteiger partial charge is 0.233 e. The third-order valence-corrected chi connectivity index (χ3v) is 6.25. The van der Waals surface area contributed by atoms with Crippen molar-refractivity contribution in [2.45, 2.75) is 17.4 Å². The van der Waals surface area contributed by atoms with Crippen molar-refractivity contribution in [2.75, 3.05) is 18.1 Å². The van der Waals surface area contributed by atoms with Crippen LogP contribution in [-0.2, 0) is 17.9 Å². The SMILES string of the molecule is CN(Cc1c(F)cccc1Cl)C(=O)CSc1nnc(NCc2ccccc2)s1. The van der Waals surface area contributed by atoms with Gasteiger partial charge in [0, 0.05) is 30.7 Å². The summed E-state index contributed by atoms with van der Waals surface area (Å²) in [4.78, 5) is 13.8. The number of rotatable bonds is 8. The van der Waals surface area contributed by atoms with Crippen molar-refractivity contribution in [3.63, 3.8) is 0 Å². The van der Waals surface area contributed by atoms with Crippen LogP contribution in [0.4, 0.5) is 9.52 Å². The fraction of sp³-hybridized carbons (Fsp3) is 0.211. The van der Waals surface area contributed by atoms with E-state index in [9.17, 15) is 9.18 Å². The van der Waals surface area contributed by atoms with Gasteiger partial charge in [0.15, 0.2) is 4.34 Å². The molecular weight excluding hydrogens is 419 g/mol. The van der Waals surface area contributed by atoms with Crippen LogP contribution in [0.5, 0.6) is 0 Å². The van der Waals surface area contributed by atoms with Crippen LogP contribution in [-0.4, -0.2) is 33.8 Å². The number of nitrogens with one attached hydrogen (secondary N) is 1. The molecule has 0 atom stereocenters. The van der Waals surface area contributed by atoms with Crippen molar-refractivity contribution >= 4 is 45.7 Å². The Hall–Kier alpha value is -2.16. The molecule has 28 heavy (non-hydrogen) atoms. The van der Waals surface area contributed by atoms with E-state index >= 15 is 0 Å². The zero-order valence-corrected chi connectivity index (χ0v) is 17.5. The predicted octanol–water partition coefficient (Wildman–Crippen LogP) is 4.69. The van der Waals surface area contributed by atoms with E-state index in [0.717, 1.165) is 5.56 Å². The Kier molecular flexibility index (Phi) is 7.24. The van der Waals surface area contributed by atoms with Gasteiger partial charge in [-0.3, -0.25) is 4.79 Å². The van der Waals surface area contributed by atoms with Crippen LogP contribution in [0.25, 0.3) is 0 Å². The minimum atomic E-state index is -0.418. The molecule has 0 aliphatic heterocycles. The molecule has 0 bridgehead atoms. The Morgan fingerprint density at radius 3 is 2.75 bits per heavy atom. The Balaban J connectivity index is 1.48. The van der Waals surface area contributed by atoms with Gasteiger partial charge in [-0.1, -0.05) is 71.1 Å². The third kappa shape index (κ3) is 5.67. The fourth-order valence-electron chi connectivity index (χ4n) is 2.36. The van der Waals surface area contributed by atoms with Gasteiger partial charge in [0.05, 0.1) is 5.75 Å². The number of anilines is 1. The van der Waals surface area contributed by atoms with E-state index in [1.54, 1.807) is 13.1 Å². The lowest BCUT2D eigenvalue weighted by molar-refractivity contribution is -0.127. The maximum absolute atomic E-state index is 13.9. The Bertz CT molecular complexity index is 918. The summed E-state index contributed by atoms with van der Waals surface area (Å²) in [7, 11) is 1.62. The summed E-state index contributed by atoms with van der Waals surface area (Å²) >= 11 is 8.72. The minimum absolute atomic E-state index is 0.116. The Labute approximate surface area is 175 Å². The zero-order chi connectivity index (χ0) is 19.9. The molecule has 3 aromatic rings. The van der Waals surface area contributed by atoms with Gasteiger partial charge in [0.2, 0.25) is 11.0 Å². The van der Waals surface area contributed by atoms with E-state index in [0.29, 0.717) is 26.6 Å². The minimum Gasteiger partial charge on any atom is -0.356 e. The van der Waals surface area contributed by atoms with Crippen LogP contribution in [0.3, 0.4) is 0 Å². The monoisotopic (exact) mass is 436 g/mol. The van der Waals surface area contributed by atoms with E-state index in [2.05, 4.69) is 15.5 Å². The number of halogens is 2. The summed E-state index contributed by atoms with van der Waals surface area (Å²) in [5.41, 5.74) is 1.46. The normalized spacial score (nSPS) is 10.7. The number of carbonyl (C=O) groups is 1. The zero-order valence-electron chi connectivity index (χ0n) is 15.1. The Morgan fingerprint density at radius 1 is 1.21 bits per heavy atom. The van der Waals surface area contributed by atoms with E-state index in [-0.39, 0.29) is 18.2 Å². The second kappa shape index (κ2) is 9.86. The maximum Gasteiger partial charge on any atom is 0.233 e. The van der Waals surface area contributed by atoms with E-state index in [1.807, 2.05) is 30.3 Å². The van der Waals surface area contributed by atoms with E-state index in [1.165, 1.54) is 40.1 Å². The van der Waals surface area contributed by atoms with Crippen molar-refractivity contribution in [3.8, 4) is 0 Å². The lowest BCUT2D eigenvalue weighted by Crippen LogP contribution is -2.28. The quantitative estimate of drug-likeness (QED) is 0.519. The maximum atomic E-state index is 13.9. The van der Waals surface area contributed by atoms with Gasteiger partial charge in [-0.2, -0.15) is 0 Å². The fourth-order valence-corrected chi connectivity index (χ4v) is 4.27. The number of amides is 1. The molecule has 0 radical (unpaired) electrons. The highest BCUT2D eigenvalue weighted by Gasteiger charge is 2.15. The summed E-state index contributed by atoms with van der Waals surface area (Å²) in [6.07, 6.45) is 0. The molecule has 0 spiro atoms. The van der Waals surface area contributed by atoms with Crippen molar-refractivity contribution in [3.05, 3.63) is 70.5 Å². The molecule has 0 aliphatic rings. The highest BCUT2D eigenvalue weighted by molar-refractivity contribution is 8.01. The van der Waals surface area contributed by atoms with Crippen LogP contribution in [0.2, 0.25) is 5.02 Å². The first kappa shape index (κ1) is 20.6. The second-order valence-corrected chi connectivity index (χ2v) is 8.56. The molecule has 146 valence electrons. The third-order valence-electron chi connectivity index (χ3n) is 3.89. The van der Waals surface area contributed by atoms with Crippen LogP contribution >= 0.6 is 34.7 Å². The molecule has 1 heterocycles. The average molecular weight is 437 g/mol. The number of hydrogen-bond donors (Lipinski definition) is 1. The van der Waals surface area contributed by atoms with Gasteiger partial charge in [0.1, 0.15) is 5.82 Å². The van der Waals surface area contributed by atoms with Gasteiger partial charge >= 0.3 is 0 Å². The molecule has 5 nitrogen and oxygen atoms in total. The topological polar surface area (TPSA) is 58.1 Å². The summed E-state index contributed by atoms with van der Waals surface area (Å²) in [6.45, 7) is 0.774. The van der Waals surface area contributed by atoms with Gasteiger partial charge in [-0.25, -0.2) is 4.39 Å². The van der Waals surface area contributed by atoms with E-state index in [4.69, 9.17) is 11.6 Å². The summed E-state index contributed by atoms with van der Waals surface area (Å²) < 4.78 is 14.6. The largest absolute Gasteiger partial charge is 0.356 e. The first-order chi connectivity index (χ1) is 13.5. The van der Waals surface area contributed by atoms with Gasteiger partial charge in [-0.15, -0.1) is 10.2 Å². The van der Waals surface area contributed by atoms with Crippen molar-refractivity contribution in [1.82, 2.24) is 15.1 Å². The summed E-state index contributed by atoms with van der Waals surface area (Å²) in [5.74, 6) is -0.369. The van der Waals surface area contributed by atoms with Gasteiger partial charge in [-0.05, 0) is 17.7 Å². The highest BCUT2D eigenvalue weighted by atomic mass is 35.5. The number of nitrogens with zero attached hydrogens (tertiary/aromatic N) is 3. The van der Waals surface area contributed by atoms with E-state index < -0.39 is 5.82 Å². The first-order valence-electron chi connectivity index (χ1n) is 8.44. The predicted molar refractivity (Wildman–Crippen MR) is 112 cm³/mol. The lowest BCUT2D eigenvalue weighted by Gasteiger charge is -2.18. The molecule has 0 saturated carbocycles. The molecule has 3 rings (SSSR count). The average Bonchev–Trinajstić information content (AvgIpc) is 3.16. The summed E-state index contributed by atoms with van der Waals surface area (Å²) in [5, 5.41) is 12.4. The lowest BCUT2D eigenvalue weighted by atomic mass is 10.2. The Morgan fingerprint density at radius 2 is 2.00 bits per heavy atom. The van der Waals surface area contributed by atoms with Crippen LogP contribution < -0.4 is 5.32 Å². The molecule has 0 fully saturated rings. The number of hydrogen-bond acceptors (Lipinski definition) is 6. The standard InChI is InChI=1S/C19H18ClFN4OS2/c1-25(11-14-15(20)8-5-9-16(14)21)17(26)12-27-19-24-23-18(28-19)22-10-13-6-3-2-4-7-13/h2-9H,10-12H2,1H3,(H,22,23). The molecule has 1 aromatic heterocycles. The van der Waals surface area contributed by atoms with Gasteiger partial charge in [0.25, 0.3) is 0 Å². The van der Waals surface area contributed by atoms with Crippen LogP contribution in [0.1, 0.15) is 11.1 Å². The number of benzene rings is 2. The van der Waals surface area contributed by atoms with Crippen molar-refractivity contribution < 1.29 is 9.18 Å².